The van der Waals surface area contributed by atoms with Gasteiger partial charge in [0, 0.05) is 0 Å². The quantitative estimate of drug-likeness (QED) is 0.469. The fraction of sp³-hybridized carbons (Fsp3) is 0.667. The second-order valence-corrected chi connectivity index (χ2v) is 1.94. The summed E-state index contributed by atoms with van der Waals surface area (Å²) in [5, 5.41) is 10.5. The maximum atomic E-state index is 10.5. The molecule has 0 aliphatic heterocycles. The Hall–Kier alpha value is -0.300. The molecule has 41 valence electrons. The fourth-order valence-corrected chi connectivity index (χ4v) is 0.272. The standard InChI is InChI=1S/C6H11O/c1-4-6(7)5(2)3/h4-6H,1H2,2-3H3. The molecule has 0 N–H and O–H groups in total. The summed E-state index contributed by atoms with van der Waals surface area (Å²) in [6.45, 7) is 7.15. The minimum Gasteiger partial charge on any atom is -0.228 e. The van der Waals surface area contributed by atoms with Crippen molar-refractivity contribution in [2.75, 3.05) is 0 Å². The van der Waals surface area contributed by atoms with E-state index in [0.29, 0.717) is 0 Å². The molecule has 0 amide bonds. The first-order valence-corrected chi connectivity index (χ1v) is 2.47. The Kier molecular flexibility index (Phi) is 2.68. The minimum atomic E-state index is -0.583. The van der Waals surface area contributed by atoms with Gasteiger partial charge in [-0.1, -0.05) is 19.9 Å². The van der Waals surface area contributed by atoms with Crippen LogP contribution in [0.25, 0.3) is 0 Å². The van der Waals surface area contributed by atoms with E-state index in [1.807, 2.05) is 13.8 Å². The van der Waals surface area contributed by atoms with Gasteiger partial charge in [0.2, 0.25) is 0 Å². The molecule has 0 saturated carbocycles. The maximum absolute atomic E-state index is 10.5. The Bertz CT molecular complexity index is 57.2. The zero-order chi connectivity index (χ0) is 5.86. The lowest BCUT2D eigenvalue weighted by Crippen LogP contribution is -2.07. The lowest BCUT2D eigenvalue weighted by molar-refractivity contribution is 0.0903. The first-order valence-electron chi connectivity index (χ1n) is 2.47. The third kappa shape index (κ3) is 2.40. The molecule has 0 fully saturated rings. The summed E-state index contributed by atoms with van der Waals surface area (Å²) >= 11 is 0. The molecule has 1 unspecified atom stereocenters. The number of rotatable bonds is 2. The van der Waals surface area contributed by atoms with Gasteiger partial charge in [-0.25, -0.2) is 5.11 Å². The van der Waals surface area contributed by atoms with E-state index < -0.39 is 6.10 Å². The highest BCUT2D eigenvalue weighted by Crippen LogP contribution is 2.00. The predicted molar refractivity (Wildman–Crippen MR) is 29.5 cm³/mol. The normalized spacial score (nSPS) is 14.3. The topological polar surface area (TPSA) is 19.9 Å². The summed E-state index contributed by atoms with van der Waals surface area (Å²) in [4.78, 5) is 0. The molecule has 1 heteroatoms. The van der Waals surface area contributed by atoms with Gasteiger partial charge in [0.1, 0.15) is 6.10 Å². The Morgan fingerprint density at radius 2 is 2.00 bits per heavy atom. The van der Waals surface area contributed by atoms with Crippen molar-refractivity contribution in [3.63, 3.8) is 0 Å². The molecule has 0 bridgehead atoms. The second-order valence-electron chi connectivity index (χ2n) is 1.94. The van der Waals surface area contributed by atoms with Crippen molar-refractivity contribution in [2.24, 2.45) is 5.92 Å². The van der Waals surface area contributed by atoms with E-state index in [0.717, 1.165) is 0 Å². The largest absolute Gasteiger partial charge is 0.228 e. The summed E-state index contributed by atoms with van der Waals surface area (Å²) in [7, 11) is 0. The molecule has 1 radical (unpaired) electrons. The van der Waals surface area contributed by atoms with Crippen LogP contribution in [0.1, 0.15) is 13.8 Å². The van der Waals surface area contributed by atoms with Gasteiger partial charge in [-0.3, -0.25) is 0 Å². The van der Waals surface area contributed by atoms with E-state index in [9.17, 15) is 5.11 Å². The summed E-state index contributed by atoms with van der Waals surface area (Å²) < 4.78 is 0. The van der Waals surface area contributed by atoms with Crippen LogP contribution in [-0.4, -0.2) is 6.10 Å². The fourth-order valence-electron chi connectivity index (χ4n) is 0.272. The van der Waals surface area contributed by atoms with Crippen molar-refractivity contribution in [3.05, 3.63) is 12.7 Å². The summed E-state index contributed by atoms with van der Waals surface area (Å²) in [6, 6.07) is 0. The van der Waals surface area contributed by atoms with E-state index in [-0.39, 0.29) is 5.92 Å². The van der Waals surface area contributed by atoms with Gasteiger partial charge in [-0.15, -0.1) is 6.58 Å². The van der Waals surface area contributed by atoms with Crippen molar-refractivity contribution in [1.29, 1.82) is 0 Å². The summed E-state index contributed by atoms with van der Waals surface area (Å²) in [6.07, 6.45) is 0.852. The molecule has 0 aliphatic rings. The molecule has 0 heterocycles. The van der Waals surface area contributed by atoms with Crippen LogP contribution >= 0.6 is 0 Å². The van der Waals surface area contributed by atoms with Crippen molar-refractivity contribution < 1.29 is 5.11 Å². The number of hydrogen-bond acceptors (Lipinski definition) is 0. The molecule has 0 aromatic heterocycles. The van der Waals surface area contributed by atoms with E-state index in [1.54, 1.807) is 0 Å². The van der Waals surface area contributed by atoms with Gasteiger partial charge in [0.05, 0.1) is 0 Å². The summed E-state index contributed by atoms with van der Waals surface area (Å²) in [5.74, 6) is 0.192. The first kappa shape index (κ1) is 6.70. The summed E-state index contributed by atoms with van der Waals surface area (Å²) in [5.41, 5.74) is 0. The van der Waals surface area contributed by atoms with Gasteiger partial charge in [-0.2, -0.15) is 0 Å². The van der Waals surface area contributed by atoms with E-state index in [4.69, 9.17) is 0 Å². The van der Waals surface area contributed by atoms with Crippen LogP contribution in [0.2, 0.25) is 0 Å². The smallest absolute Gasteiger partial charge is 0.113 e. The Labute approximate surface area is 44.7 Å². The van der Waals surface area contributed by atoms with Crippen molar-refractivity contribution >= 4 is 0 Å². The molecule has 7 heavy (non-hydrogen) atoms. The van der Waals surface area contributed by atoms with Crippen LogP contribution in [0.15, 0.2) is 12.7 Å². The highest BCUT2D eigenvalue weighted by molar-refractivity contribution is 4.79. The monoisotopic (exact) mass is 99.1 g/mol. The van der Waals surface area contributed by atoms with Crippen LogP contribution in [0.4, 0.5) is 0 Å². The first-order chi connectivity index (χ1) is 3.18. The van der Waals surface area contributed by atoms with Crippen LogP contribution in [-0.2, 0) is 5.11 Å². The van der Waals surface area contributed by atoms with E-state index >= 15 is 0 Å². The Balaban J connectivity index is 3.33. The highest BCUT2D eigenvalue weighted by Gasteiger charge is 2.03. The molecule has 1 nitrogen and oxygen atoms in total. The zero-order valence-electron chi connectivity index (χ0n) is 4.85. The van der Waals surface area contributed by atoms with Crippen molar-refractivity contribution in [2.45, 2.75) is 20.0 Å². The van der Waals surface area contributed by atoms with E-state index in [2.05, 4.69) is 6.58 Å². The van der Waals surface area contributed by atoms with Gasteiger partial charge in [0.25, 0.3) is 0 Å². The third-order valence-electron chi connectivity index (χ3n) is 0.889. The number of hydrogen-bond donors (Lipinski definition) is 0. The predicted octanol–water partition coefficient (Wildman–Crippen LogP) is 1.63. The van der Waals surface area contributed by atoms with Gasteiger partial charge in [-0.05, 0) is 5.92 Å². The SMILES string of the molecule is C=CC([O])C(C)C. The van der Waals surface area contributed by atoms with Crippen molar-refractivity contribution in [1.82, 2.24) is 0 Å². The van der Waals surface area contributed by atoms with Crippen LogP contribution in [0.5, 0.6) is 0 Å². The molecule has 0 aromatic carbocycles. The average molecular weight is 99.2 g/mol. The molecular weight excluding hydrogens is 88.1 g/mol. The molecule has 0 rings (SSSR count). The Morgan fingerprint density at radius 1 is 1.57 bits per heavy atom. The van der Waals surface area contributed by atoms with Gasteiger partial charge < -0.3 is 0 Å². The molecule has 0 aliphatic carbocycles. The third-order valence-corrected chi connectivity index (χ3v) is 0.889. The van der Waals surface area contributed by atoms with Crippen molar-refractivity contribution in [3.8, 4) is 0 Å². The molecule has 0 aromatic rings. The second kappa shape index (κ2) is 2.80. The van der Waals surface area contributed by atoms with Gasteiger partial charge in [0.15, 0.2) is 0 Å². The molecule has 1 atom stereocenters. The van der Waals surface area contributed by atoms with Gasteiger partial charge >= 0.3 is 0 Å². The van der Waals surface area contributed by atoms with Crippen LogP contribution < -0.4 is 0 Å². The molecular formula is C6H11O. The molecule has 0 spiro atoms. The highest BCUT2D eigenvalue weighted by atomic mass is 16.3. The van der Waals surface area contributed by atoms with E-state index in [1.165, 1.54) is 6.08 Å². The Morgan fingerprint density at radius 3 is 2.00 bits per heavy atom. The molecule has 0 saturated heterocycles. The van der Waals surface area contributed by atoms with Crippen LogP contribution in [0.3, 0.4) is 0 Å². The maximum Gasteiger partial charge on any atom is 0.113 e. The zero-order valence-corrected chi connectivity index (χ0v) is 4.85. The lowest BCUT2D eigenvalue weighted by atomic mass is 10.1. The minimum absolute atomic E-state index is 0.192. The average Bonchev–Trinajstić information content (AvgIpc) is 1.65. The lowest BCUT2D eigenvalue weighted by Gasteiger charge is -2.03. The van der Waals surface area contributed by atoms with Crippen LogP contribution in [0, 0.1) is 5.92 Å².